The van der Waals surface area contributed by atoms with Crippen LogP contribution in [0, 0.1) is 5.92 Å². The molecule has 148 valence electrons. The zero-order valence-electron chi connectivity index (χ0n) is 14.9. The fourth-order valence-corrected chi connectivity index (χ4v) is 5.29. The molecule has 0 bridgehead atoms. The predicted molar refractivity (Wildman–Crippen MR) is 101 cm³/mol. The van der Waals surface area contributed by atoms with Crippen molar-refractivity contribution in [3.05, 3.63) is 29.3 Å². The maximum absolute atomic E-state index is 12.8. The van der Waals surface area contributed by atoms with Crippen LogP contribution in [0.15, 0.2) is 29.2 Å². The summed E-state index contributed by atoms with van der Waals surface area (Å²) in [7, 11) is -3.64. The molecule has 2 heterocycles. The molecule has 3 amide bonds. The smallest absolute Gasteiger partial charge is 0.314 e. The van der Waals surface area contributed by atoms with Gasteiger partial charge in [-0.25, -0.2) is 13.2 Å². The predicted octanol–water partition coefficient (Wildman–Crippen LogP) is 0.964. The summed E-state index contributed by atoms with van der Waals surface area (Å²) in [6, 6.07) is 5.65. The molecule has 2 aliphatic heterocycles. The van der Waals surface area contributed by atoms with Gasteiger partial charge in [0.2, 0.25) is 15.9 Å². The summed E-state index contributed by atoms with van der Waals surface area (Å²) in [4.78, 5) is 27.4. The number of carbonyl (C=O) groups is 2. The Morgan fingerprint density at radius 1 is 1.07 bits per heavy atom. The van der Waals surface area contributed by atoms with Crippen LogP contribution in [0.4, 0.5) is 4.79 Å². The molecule has 0 aromatic heterocycles. The number of urea groups is 1. The molecule has 10 heteroatoms. The number of likely N-dealkylation sites (tertiary alicyclic amines) is 1. The molecule has 2 fully saturated rings. The summed E-state index contributed by atoms with van der Waals surface area (Å²) in [5, 5.41) is 0.362. The molecule has 1 aromatic carbocycles. The van der Waals surface area contributed by atoms with E-state index in [1.807, 2.05) is 0 Å². The zero-order valence-corrected chi connectivity index (χ0v) is 16.5. The van der Waals surface area contributed by atoms with Gasteiger partial charge in [0, 0.05) is 44.3 Å². The quantitative estimate of drug-likeness (QED) is 0.795. The summed E-state index contributed by atoms with van der Waals surface area (Å²) >= 11 is 5.90. The van der Waals surface area contributed by atoms with Crippen LogP contribution in [0.2, 0.25) is 5.02 Å². The van der Waals surface area contributed by atoms with Gasteiger partial charge in [0.25, 0.3) is 0 Å². The second-order valence-electron chi connectivity index (χ2n) is 6.81. The number of sulfonamides is 1. The van der Waals surface area contributed by atoms with Gasteiger partial charge in [0.05, 0.1) is 10.8 Å². The van der Waals surface area contributed by atoms with Crippen LogP contribution in [0.1, 0.15) is 12.8 Å². The number of hydrogen-bond donors (Lipinski definition) is 1. The third-order valence-corrected chi connectivity index (χ3v) is 7.20. The van der Waals surface area contributed by atoms with Crippen molar-refractivity contribution in [2.45, 2.75) is 17.7 Å². The minimum atomic E-state index is -3.64. The molecule has 2 aliphatic rings. The Bertz CT molecular complexity index is 824. The van der Waals surface area contributed by atoms with Gasteiger partial charge in [-0.2, -0.15) is 4.31 Å². The summed E-state index contributed by atoms with van der Waals surface area (Å²) in [6.45, 7) is 2.01. The van der Waals surface area contributed by atoms with Gasteiger partial charge in [-0.15, -0.1) is 0 Å². The normalized spacial score (nSPS) is 21.9. The Morgan fingerprint density at radius 2 is 1.78 bits per heavy atom. The maximum atomic E-state index is 12.8. The number of benzene rings is 1. The number of nitrogens with zero attached hydrogens (tertiary/aromatic N) is 3. The van der Waals surface area contributed by atoms with Crippen molar-refractivity contribution in [3.8, 4) is 0 Å². The first-order chi connectivity index (χ1) is 12.8. The molecule has 1 aromatic rings. The lowest BCUT2D eigenvalue weighted by Gasteiger charge is -2.38. The second-order valence-corrected chi connectivity index (χ2v) is 9.18. The third-order valence-electron chi connectivity index (χ3n) is 5.07. The highest BCUT2D eigenvalue weighted by molar-refractivity contribution is 7.89. The molecule has 3 rings (SSSR count). The molecule has 2 N–H and O–H groups in total. The fraction of sp³-hybridized carbons (Fsp3) is 0.529. The summed E-state index contributed by atoms with van der Waals surface area (Å²) in [6.07, 6.45) is 1.45. The fourth-order valence-electron chi connectivity index (χ4n) is 3.56. The molecule has 0 spiro atoms. The number of piperazine rings is 1. The van der Waals surface area contributed by atoms with Crippen molar-refractivity contribution in [1.29, 1.82) is 0 Å². The molecule has 2 saturated heterocycles. The average Bonchev–Trinajstić information content (AvgIpc) is 2.67. The second kappa shape index (κ2) is 8.04. The number of amides is 3. The van der Waals surface area contributed by atoms with E-state index in [1.165, 1.54) is 21.3 Å². The average molecular weight is 415 g/mol. The monoisotopic (exact) mass is 414 g/mol. The largest absolute Gasteiger partial charge is 0.351 e. The van der Waals surface area contributed by atoms with E-state index in [4.69, 9.17) is 17.3 Å². The van der Waals surface area contributed by atoms with Crippen LogP contribution in [0.3, 0.4) is 0 Å². The zero-order chi connectivity index (χ0) is 19.6. The van der Waals surface area contributed by atoms with Crippen LogP contribution in [-0.4, -0.2) is 73.7 Å². The number of hydrogen-bond acceptors (Lipinski definition) is 4. The van der Waals surface area contributed by atoms with E-state index in [-0.39, 0.29) is 29.8 Å². The van der Waals surface area contributed by atoms with Gasteiger partial charge in [0.15, 0.2) is 0 Å². The highest BCUT2D eigenvalue weighted by atomic mass is 35.5. The minimum absolute atomic E-state index is 0.0410. The Balaban J connectivity index is 1.61. The molecule has 0 radical (unpaired) electrons. The highest BCUT2D eigenvalue weighted by Gasteiger charge is 2.34. The van der Waals surface area contributed by atoms with Gasteiger partial charge in [0.1, 0.15) is 0 Å². The first-order valence-corrected chi connectivity index (χ1v) is 10.7. The van der Waals surface area contributed by atoms with E-state index in [0.717, 1.165) is 6.42 Å². The standard InChI is InChI=1S/C17H23ClN4O4S/c18-14-4-1-5-15(11-14)27(25,26)22-9-7-20(8-10-22)16(23)13-3-2-6-21(12-13)17(19)24/h1,4-5,11,13H,2-3,6-10,12H2,(H2,19,24)/t13-/m1/s1. The van der Waals surface area contributed by atoms with Crippen LogP contribution in [0.25, 0.3) is 0 Å². The van der Waals surface area contributed by atoms with Gasteiger partial charge in [-0.1, -0.05) is 17.7 Å². The van der Waals surface area contributed by atoms with E-state index in [0.29, 0.717) is 37.6 Å². The summed E-state index contributed by atoms with van der Waals surface area (Å²) in [5.74, 6) is -0.317. The van der Waals surface area contributed by atoms with Gasteiger partial charge < -0.3 is 15.5 Å². The van der Waals surface area contributed by atoms with Crippen molar-refractivity contribution in [1.82, 2.24) is 14.1 Å². The van der Waals surface area contributed by atoms with Crippen LogP contribution in [-0.2, 0) is 14.8 Å². The number of primary amides is 1. The number of carbonyl (C=O) groups excluding carboxylic acids is 2. The van der Waals surface area contributed by atoms with E-state index < -0.39 is 16.1 Å². The van der Waals surface area contributed by atoms with E-state index >= 15 is 0 Å². The summed E-state index contributed by atoms with van der Waals surface area (Å²) in [5.41, 5.74) is 5.32. The molecule has 0 saturated carbocycles. The van der Waals surface area contributed by atoms with Crippen LogP contribution >= 0.6 is 11.6 Å². The highest BCUT2D eigenvalue weighted by Crippen LogP contribution is 2.23. The van der Waals surface area contributed by atoms with Gasteiger partial charge in [-0.3, -0.25) is 4.79 Å². The number of nitrogens with two attached hydrogens (primary N) is 1. The molecule has 1 atom stereocenters. The maximum Gasteiger partial charge on any atom is 0.314 e. The topological polar surface area (TPSA) is 104 Å². The Kier molecular flexibility index (Phi) is 5.92. The van der Waals surface area contributed by atoms with Gasteiger partial charge in [-0.05, 0) is 31.0 Å². The van der Waals surface area contributed by atoms with Crippen molar-refractivity contribution in [3.63, 3.8) is 0 Å². The molecular weight excluding hydrogens is 392 g/mol. The Hall–Kier alpha value is -1.84. The molecule has 8 nitrogen and oxygen atoms in total. The first kappa shape index (κ1) is 19.9. The molecule has 0 unspecified atom stereocenters. The molecular formula is C17H23ClN4O4S. The number of piperidine rings is 1. The van der Waals surface area contributed by atoms with Crippen molar-refractivity contribution < 1.29 is 18.0 Å². The molecule has 0 aliphatic carbocycles. The van der Waals surface area contributed by atoms with Crippen molar-refractivity contribution in [2.75, 3.05) is 39.3 Å². The first-order valence-electron chi connectivity index (χ1n) is 8.88. The van der Waals surface area contributed by atoms with Gasteiger partial charge >= 0.3 is 6.03 Å². The van der Waals surface area contributed by atoms with Crippen LogP contribution < -0.4 is 5.73 Å². The van der Waals surface area contributed by atoms with Crippen molar-refractivity contribution >= 4 is 33.6 Å². The Labute approximate surface area is 163 Å². The van der Waals surface area contributed by atoms with E-state index in [9.17, 15) is 18.0 Å². The van der Waals surface area contributed by atoms with E-state index in [2.05, 4.69) is 0 Å². The number of rotatable bonds is 3. The molecule has 27 heavy (non-hydrogen) atoms. The lowest BCUT2D eigenvalue weighted by atomic mass is 9.96. The van der Waals surface area contributed by atoms with Crippen molar-refractivity contribution in [2.24, 2.45) is 11.7 Å². The Morgan fingerprint density at radius 3 is 2.41 bits per heavy atom. The number of halogens is 1. The lowest BCUT2D eigenvalue weighted by Crippen LogP contribution is -2.54. The van der Waals surface area contributed by atoms with Crippen LogP contribution in [0.5, 0.6) is 0 Å². The minimum Gasteiger partial charge on any atom is -0.351 e. The lowest BCUT2D eigenvalue weighted by molar-refractivity contribution is -0.138. The third kappa shape index (κ3) is 4.36. The SMILES string of the molecule is NC(=O)N1CCC[C@@H](C(=O)N2CCN(S(=O)(=O)c3cccc(Cl)c3)CC2)C1. The summed E-state index contributed by atoms with van der Waals surface area (Å²) < 4.78 is 26.9. The van der Waals surface area contributed by atoms with E-state index in [1.54, 1.807) is 17.0 Å².